The van der Waals surface area contributed by atoms with Gasteiger partial charge in [-0.25, -0.2) is 14.5 Å². The Labute approximate surface area is 115 Å². The molecule has 0 radical (unpaired) electrons. The van der Waals surface area contributed by atoms with Crippen LogP contribution >= 0.6 is 0 Å². The Kier molecular flexibility index (Phi) is 2.74. The van der Waals surface area contributed by atoms with Crippen molar-refractivity contribution in [1.29, 1.82) is 0 Å². The summed E-state index contributed by atoms with van der Waals surface area (Å²) in [5.41, 5.74) is 1.51. The number of hydrogen-bond acceptors (Lipinski definition) is 3. The highest BCUT2D eigenvalue weighted by Gasteiger charge is 2.54. The summed E-state index contributed by atoms with van der Waals surface area (Å²) in [7, 11) is 0. The normalized spacial score (nSPS) is 25.2. The molecule has 2 saturated heterocycles. The van der Waals surface area contributed by atoms with E-state index in [1.165, 1.54) is 4.90 Å². The van der Waals surface area contributed by atoms with Gasteiger partial charge in [-0.1, -0.05) is 17.7 Å². The van der Waals surface area contributed by atoms with Crippen LogP contribution in [0.2, 0.25) is 0 Å². The van der Waals surface area contributed by atoms with Gasteiger partial charge in [-0.3, -0.25) is 9.69 Å². The molecule has 0 aromatic heterocycles. The first-order valence-corrected chi connectivity index (χ1v) is 6.46. The number of imide groups is 1. The molecule has 0 aliphatic carbocycles. The van der Waals surface area contributed by atoms with Crippen molar-refractivity contribution >= 4 is 23.6 Å². The first kappa shape index (κ1) is 12.7. The number of fused-ring (bicyclic) bond motifs is 1. The number of carboxylic acids is 1. The molecule has 20 heavy (non-hydrogen) atoms. The fraction of sp³-hybridized carbons (Fsp3) is 0.357. The van der Waals surface area contributed by atoms with Gasteiger partial charge in [-0.15, -0.1) is 0 Å². The summed E-state index contributed by atoms with van der Waals surface area (Å²) >= 11 is 0. The largest absolute Gasteiger partial charge is 0.480 e. The number of anilines is 1. The third kappa shape index (κ3) is 1.68. The van der Waals surface area contributed by atoms with Crippen LogP contribution in [-0.2, 0) is 9.59 Å². The molecule has 0 spiro atoms. The summed E-state index contributed by atoms with van der Waals surface area (Å²) in [6, 6.07) is 4.96. The van der Waals surface area contributed by atoms with Crippen molar-refractivity contribution in [3.63, 3.8) is 0 Å². The topological polar surface area (TPSA) is 77.9 Å². The van der Waals surface area contributed by atoms with Crippen LogP contribution in [0.1, 0.15) is 18.4 Å². The Morgan fingerprint density at radius 1 is 1.20 bits per heavy atom. The molecule has 6 nitrogen and oxygen atoms in total. The zero-order chi connectivity index (χ0) is 14.4. The molecule has 2 fully saturated rings. The molecule has 3 rings (SSSR count). The zero-order valence-corrected chi connectivity index (χ0v) is 10.9. The minimum atomic E-state index is -1.06. The maximum atomic E-state index is 12.4. The van der Waals surface area contributed by atoms with E-state index >= 15 is 0 Å². The molecule has 0 saturated carbocycles. The van der Waals surface area contributed by atoms with Crippen LogP contribution in [0.25, 0.3) is 0 Å². The van der Waals surface area contributed by atoms with Crippen LogP contribution in [0.15, 0.2) is 24.3 Å². The first-order valence-electron chi connectivity index (χ1n) is 6.46. The molecular weight excluding hydrogens is 260 g/mol. The molecule has 6 heteroatoms. The Hall–Kier alpha value is -2.37. The number of aliphatic carboxylic acids is 1. The van der Waals surface area contributed by atoms with E-state index in [0.717, 1.165) is 10.5 Å². The van der Waals surface area contributed by atoms with Gasteiger partial charge in [0, 0.05) is 0 Å². The lowest BCUT2D eigenvalue weighted by Gasteiger charge is -2.20. The summed E-state index contributed by atoms with van der Waals surface area (Å²) in [4.78, 5) is 38.1. The van der Waals surface area contributed by atoms with Gasteiger partial charge >= 0.3 is 12.0 Å². The minimum absolute atomic E-state index is 0.331. The van der Waals surface area contributed by atoms with Crippen molar-refractivity contribution in [2.24, 2.45) is 0 Å². The second kappa shape index (κ2) is 4.33. The molecule has 1 N–H and O–H groups in total. The lowest BCUT2D eigenvalue weighted by atomic mass is 10.1. The third-order valence-electron chi connectivity index (χ3n) is 3.88. The second-order valence-electron chi connectivity index (χ2n) is 5.15. The van der Waals surface area contributed by atoms with Crippen LogP contribution in [0.5, 0.6) is 0 Å². The van der Waals surface area contributed by atoms with E-state index in [1.54, 1.807) is 12.1 Å². The molecule has 0 bridgehead atoms. The predicted molar refractivity (Wildman–Crippen MR) is 70.3 cm³/mol. The molecule has 3 amide bonds. The van der Waals surface area contributed by atoms with E-state index < -0.39 is 24.1 Å². The number of amides is 3. The number of carbonyl (C=O) groups excluding carboxylic acids is 2. The van der Waals surface area contributed by atoms with Gasteiger partial charge in [-0.05, 0) is 31.9 Å². The van der Waals surface area contributed by atoms with Crippen molar-refractivity contribution in [3.8, 4) is 0 Å². The maximum Gasteiger partial charge on any atom is 0.332 e. The van der Waals surface area contributed by atoms with E-state index in [2.05, 4.69) is 0 Å². The van der Waals surface area contributed by atoms with Gasteiger partial charge in [0.1, 0.15) is 12.1 Å². The van der Waals surface area contributed by atoms with Crippen LogP contribution in [-0.4, -0.2) is 40.0 Å². The van der Waals surface area contributed by atoms with E-state index in [0.29, 0.717) is 18.5 Å². The zero-order valence-electron chi connectivity index (χ0n) is 10.9. The number of nitrogens with zero attached hydrogens (tertiary/aromatic N) is 2. The summed E-state index contributed by atoms with van der Waals surface area (Å²) < 4.78 is 0. The van der Waals surface area contributed by atoms with Gasteiger partial charge in [0.25, 0.3) is 5.91 Å². The summed E-state index contributed by atoms with van der Waals surface area (Å²) in [6.45, 7) is 1.91. The first-order chi connectivity index (χ1) is 9.50. The van der Waals surface area contributed by atoms with Gasteiger partial charge < -0.3 is 5.11 Å². The quantitative estimate of drug-likeness (QED) is 0.826. The molecule has 0 unspecified atom stereocenters. The van der Waals surface area contributed by atoms with Crippen LogP contribution in [0, 0.1) is 6.92 Å². The highest BCUT2D eigenvalue weighted by atomic mass is 16.4. The van der Waals surface area contributed by atoms with Crippen molar-refractivity contribution < 1.29 is 19.5 Å². The predicted octanol–water partition coefficient (Wildman–Crippen LogP) is 1.38. The number of rotatable bonds is 2. The average molecular weight is 274 g/mol. The second-order valence-corrected chi connectivity index (χ2v) is 5.15. The SMILES string of the molecule is Cc1ccc(N2C(=O)[C@H]3CC[C@H](C(=O)O)N3C2=O)cc1. The Bertz CT molecular complexity index is 596. The number of benzene rings is 1. The lowest BCUT2D eigenvalue weighted by molar-refractivity contribution is -0.141. The molecule has 104 valence electrons. The van der Waals surface area contributed by atoms with Gasteiger partial charge in [0.2, 0.25) is 0 Å². The maximum absolute atomic E-state index is 12.4. The Balaban J connectivity index is 1.96. The lowest BCUT2D eigenvalue weighted by Crippen LogP contribution is -2.42. The van der Waals surface area contributed by atoms with Crippen molar-refractivity contribution in [2.45, 2.75) is 31.8 Å². The monoisotopic (exact) mass is 274 g/mol. The number of carbonyl (C=O) groups is 3. The van der Waals surface area contributed by atoms with E-state index in [4.69, 9.17) is 5.11 Å². The highest BCUT2D eigenvalue weighted by Crippen LogP contribution is 2.35. The molecule has 2 aliphatic heterocycles. The van der Waals surface area contributed by atoms with E-state index in [1.807, 2.05) is 19.1 Å². The van der Waals surface area contributed by atoms with Crippen LogP contribution in [0.3, 0.4) is 0 Å². The van der Waals surface area contributed by atoms with Gasteiger partial charge in [0.15, 0.2) is 0 Å². The smallest absolute Gasteiger partial charge is 0.332 e. The molecule has 2 aliphatic rings. The standard InChI is InChI=1S/C14H14N2O4/c1-8-2-4-9(5-3-8)15-12(17)10-6-7-11(13(18)19)16(10)14(15)20/h2-5,10-11H,6-7H2,1H3,(H,18,19)/t10-,11-/m1/s1. The highest BCUT2D eigenvalue weighted by molar-refractivity contribution is 6.22. The molecule has 1 aromatic carbocycles. The summed E-state index contributed by atoms with van der Waals surface area (Å²) in [5.74, 6) is -1.39. The number of hydrogen-bond donors (Lipinski definition) is 1. The number of carboxylic acid groups (broad SMARTS) is 1. The average Bonchev–Trinajstić information content (AvgIpc) is 2.94. The van der Waals surface area contributed by atoms with Crippen molar-refractivity contribution in [3.05, 3.63) is 29.8 Å². The van der Waals surface area contributed by atoms with E-state index in [-0.39, 0.29) is 5.91 Å². The van der Waals surface area contributed by atoms with E-state index in [9.17, 15) is 14.4 Å². The Morgan fingerprint density at radius 2 is 1.85 bits per heavy atom. The fourth-order valence-electron chi connectivity index (χ4n) is 2.85. The van der Waals surface area contributed by atoms with Crippen LogP contribution in [0.4, 0.5) is 10.5 Å². The van der Waals surface area contributed by atoms with Crippen molar-refractivity contribution in [2.75, 3.05) is 4.90 Å². The number of aryl methyl sites for hydroxylation is 1. The molecule has 2 heterocycles. The Morgan fingerprint density at radius 3 is 2.45 bits per heavy atom. The molecular formula is C14H14N2O4. The van der Waals surface area contributed by atoms with Gasteiger partial charge in [0.05, 0.1) is 5.69 Å². The molecule has 1 aromatic rings. The minimum Gasteiger partial charge on any atom is -0.480 e. The van der Waals surface area contributed by atoms with Gasteiger partial charge in [-0.2, -0.15) is 0 Å². The number of urea groups is 1. The third-order valence-corrected chi connectivity index (χ3v) is 3.88. The molecule has 2 atom stereocenters. The van der Waals surface area contributed by atoms with Crippen molar-refractivity contribution in [1.82, 2.24) is 4.90 Å². The summed E-state index contributed by atoms with van der Waals surface area (Å²) in [6.07, 6.45) is 0.739. The van der Waals surface area contributed by atoms with Crippen LogP contribution < -0.4 is 4.90 Å². The summed E-state index contributed by atoms with van der Waals surface area (Å²) in [5, 5.41) is 9.13. The fourth-order valence-corrected chi connectivity index (χ4v) is 2.85.